The lowest BCUT2D eigenvalue weighted by Gasteiger charge is -2.49. The van der Waals surface area contributed by atoms with Crippen LogP contribution in [0, 0.1) is 17.1 Å². The number of anilines is 1. The fraction of sp³-hybridized carbons (Fsp3) is 0.297. The molecule has 1 saturated heterocycles. The highest BCUT2D eigenvalue weighted by atomic mass is 19.4. The molecule has 12 heteroatoms. The molecule has 49 heavy (non-hydrogen) atoms. The van der Waals surface area contributed by atoms with Gasteiger partial charge in [0.15, 0.2) is 0 Å². The number of aromatic nitrogens is 3. The van der Waals surface area contributed by atoms with Crippen molar-refractivity contribution >= 4 is 16.7 Å². The molecule has 1 fully saturated rings. The van der Waals surface area contributed by atoms with Gasteiger partial charge in [-0.1, -0.05) is 31.2 Å². The van der Waals surface area contributed by atoms with Gasteiger partial charge in [-0.15, -0.1) is 0 Å². The predicted molar refractivity (Wildman–Crippen MR) is 178 cm³/mol. The normalized spacial score (nSPS) is 17.6. The summed E-state index contributed by atoms with van der Waals surface area (Å²) in [6, 6.07) is 21.9. The summed E-state index contributed by atoms with van der Waals surface area (Å²) in [5.41, 5.74) is 2.82. The Kier molecular flexibility index (Phi) is 9.39. The third-order valence-electron chi connectivity index (χ3n) is 9.12. The standard InChI is InChI=1S/C37H34F4N6O2/c1-4-29-22-45(23(2)20-46(29)36(25-7-10-27(38)11-8-25)31-15-9-26(19-43-31)37(39,40)41)33-17-34(48)47(21-24-5-13-30(49-3)14-6-24)32-16-12-28(18-42)44-35(32)33/h5-17,19,23,29,36H,4,20-22H2,1-3H3/t23-,29+,36?/m0/s1. The van der Waals surface area contributed by atoms with Crippen molar-refractivity contribution in [2.24, 2.45) is 0 Å². The lowest BCUT2D eigenvalue weighted by molar-refractivity contribution is -0.137. The van der Waals surface area contributed by atoms with Gasteiger partial charge in [-0.3, -0.25) is 14.7 Å². The summed E-state index contributed by atoms with van der Waals surface area (Å²) in [4.78, 5) is 27.0. The van der Waals surface area contributed by atoms with E-state index in [9.17, 15) is 27.6 Å². The molecule has 2 aromatic carbocycles. The zero-order valence-electron chi connectivity index (χ0n) is 27.2. The summed E-state index contributed by atoms with van der Waals surface area (Å²) in [5.74, 6) is 0.275. The molecule has 1 unspecified atom stereocenters. The Bertz CT molecular complexity index is 2040. The Labute approximate surface area is 280 Å². The molecule has 3 atom stereocenters. The minimum absolute atomic E-state index is 0.147. The van der Waals surface area contributed by atoms with Crippen molar-refractivity contribution < 1.29 is 22.3 Å². The number of rotatable bonds is 8. The SMILES string of the molecule is CC[C@@H]1CN(c2cc(=O)n(Cc3ccc(OC)cc3)c3ccc(C#N)nc23)[C@@H](C)CN1C(c1ccc(F)cc1)c1ccc(C(F)(F)F)cn1. The topological polar surface area (TPSA) is 87.3 Å². The molecule has 0 spiro atoms. The smallest absolute Gasteiger partial charge is 0.417 e. The molecule has 252 valence electrons. The van der Waals surface area contributed by atoms with Gasteiger partial charge in [0.2, 0.25) is 0 Å². The maximum absolute atomic E-state index is 14.0. The number of fused-ring (bicyclic) bond motifs is 1. The van der Waals surface area contributed by atoms with Gasteiger partial charge in [-0.2, -0.15) is 18.4 Å². The number of nitrogens with zero attached hydrogens (tertiary/aromatic N) is 6. The molecular formula is C37H34F4N6O2. The maximum atomic E-state index is 14.0. The minimum atomic E-state index is -4.53. The van der Waals surface area contributed by atoms with E-state index in [0.29, 0.717) is 53.2 Å². The van der Waals surface area contributed by atoms with Gasteiger partial charge in [0.25, 0.3) is 5.56 Å². The molecule has 0 aliphatic carbocycles. The first-order chi connectivity index (χ1) is 23.5. The second kappa shape index (κ2) is 13.7. The van der Waals surface area contributed by atoms with Crippen LogP contribution in [-0.2, 0) is 12.7 Å². The van der Waals surface area contributed by atoms with Crippen molar-refractivity contribution in [2.45, 2.75) is 51.1 Å². The van der Waals surface area contributed by atoms with E-state index in [2.05, 4.69) is 25.8 Å². The number of pyridine rings is 3. The highest BCUT2D eigenvalue weighted by molar-refractivity contribution is 5.89. The first-order valence-corrected chi connectivity index (χ1v) is 15.9. The second-order valence-corrected chi connectivity index (χ2v) is 12.2. The van der Waals surface area contributed by atoms with Gasteiger partial charge in [0.1, 0.15) is 28.8 Å². The molecule has 8 nitrogen and oxygen atoms in total. The first-order valence-electron chi connectivity index (χ1n) is 15.9. The number of benzene rings is 2. The van der Waals surface area contributed by atoms with E-state index >= 15 is 0 Å². The third-order valence-corrected chi connectivity index (χ3v) is 9.12. The Morgan fingerprint density at radius 3 is 2.37 bits per heavy atom. The van der Waals surface area contributed by atoms with E-state index in [0.717, 1.165) is 17.8 Å². The van der Waals surface area contributed by atoms with E-state index in [1.54, 1.807) is 42.0 Å². The van der Waals surface area contributed by atoms with Crippen LogP contribution in [0.4, 0.5) is 23.2 Å². The highest BCUT2D eigenvalue weighted by Crippen LogP contribution is 2.37. The van der Waals surface area contributed by atoms with Crippen molar-refractivity contribution in [1.29, 1.82) is 5.26 Å². The number of hydrogen-bond acceptors (Lipinski definition) is 7. The average molecular weight is 671 g/mol. The van der Waals surface area contributed by atoms with Crippen LogP contribution in [0.3, 0.4) is 0 Å². The van der Waals surface area contributed by atoms with Crippen LogP contribution in [0.1, 0.15) is 54.4 Å². The Hall–Kier alpha value is -5.28. The summed E-state index contributed by atoms with van der Waals surface area (Å²) in [6.07, 6.45) is -3.04. The monoisotopic (exact) mass is 670 g/mol. The molecule has 1 aliphatic rings. The van der Waals surface area contributed by atoms with Crippen LogP contribution in [-0.4, -0.2) is 51.7 Å². The number of nitriles is 1. The summed E-state index contributed by atoms with van der Waals surface area (Å²) >= 11 is 0. The molecule has 0 N–H and O–H groups in total. The zero-order valence-corrected chi connectivity index (χ0v) is 27.2. The molecule has 0 saturated carbocycles. The lowest BCUT2D eigenvalue weighted by Crippen LogP contribution is -2.58. The second-order valence-electron chi connectivity index (χ2n) is 12.2. The largest absolute Gasteiger partial charge is 0.497 e. The Morgan fingerprint density at radius 2 is 1.76 bits per heavy atom. The molecule has 4 heterocycles. The maximum Gasteiger partial charge on any atom is 0.417 e. The van der Waals surface area contributed by atoms with E-state index < -0.39 is 23.6 Å². The van der Waals surface area contributed by atoms with Gasteiger partial charge in [0, 0.05) is 37.4 Å². The molecule has 0 radical (unpaired) electrons. The van der Waals surface area contributed by atoms with Crippen LogP contribution in [0.15, 0.2) is 89.9 Å². The van der Waals surface area contributed by atoms with Crippen LogP contribution in [0.5, 0.6) is 5.75 Å². The van der Waals surface area contributed by atoms with E-state index in [1.807, 2.05) is 38.1 Å². The van der Waals surface area contributed by atoms with E-state index in [-0.39, 0.29) is 29.9 Å². The Balaban J connectivity index is 1.39. The van der Waals surface area contributed by atoms with Gasteiger partial charge < -0.3 is 14.2 Å². The highest BCUT2D eigenvalue weighted by Gasteiger charge is 2.38. The molecule has 0 amide bonds. The Morgan fingerprint density at radius 1 is 1.02 bits per heavy atom. The van der Waals surface area contributed by atoms with Crippen molar-refractivity contribution in [3.8, 4) is 11.8 Å². The summed E-state index contributed by atoms with van der Waals surface area (Å²) in [6.45, 7) is 5.20. The van der Waals surface area contributed by atoms with Crippen LogP contribution < -0.4 is 15.2 Å². The van der Waals surface area contributed by atoms with Crippen molar-refractivity contribution in [3.05, 3.63) is 129 Å². The summed E-state index contributed by atoms with van der Waals surface area (Å²) in [7, 11) is 1.59. The minimum Gasteiger partial charge on any atom is -0.497 e. The van der Waals surface area contributed by atoms with Gasteiger partial charge >= 0.3 is 6.18 Å². The van der Waals surface area contributed by atoms with Gasteiger partial charge in [-0.05, 0) is 73.0 Å². The molecule has 0 bridgehead atoms. The molecular weight excluding hydrogens is 636 g/mol. The van der Waals surface area contributed by atoms with Gasteiger partial charge in [0.05, 0.1) is 42.2 Å². The number of ether oxygens (including phenoxy) is 1. The number of halogens is 4. The van der Waals surface area contributed by atoms with Crippen molar-refractivity contribution in [3.63, 3.8) is 0 Å². The number of methoxy groups -OCH3 is 1. The van der Waals surface area contributed by atoms with Crippen molar-refractivity contribution in [1.82, 2.24) is 19.4 Å². The molecule has 5 aromatic rings. The summed E-state index contributed by atoms with van der Waals surface area (Å²) in [5, 5.41) is 9.73. The third kappa shape index (κ3) is 6.85. The van der Waals surface area contributed by atoms with E-state index in [4.69, 9.17) is 4.74 Å². The van der Waals surface area contributed by atoms with Crippen molar-refractivity contribution in [2.75, 3.05) is 25.1 Å². The van der Waals surface area contributed by atoms with Crippen LogP contribution in [0.25, 0.3) is 11.0 Å². The number of hydrogen-bond donors (Lipinski definition) is 0. The summed E-state index contributed by atoms with van der Waals surface area (Å²) < 4.78 is 61.1. The first kappa shape index (κ1) is 33.6. The molecule has 3 aromatic heterocycles. The van der Waals surface area contributed by atoms with Gasteiger partial charge in [-0.25, -0.2) is 9.37 Å². The van der Waals surface area contributed by atoms with E-state index in [1.165, 1.54) is 18.2 Å². The number of alkyl halides is 3. The van der Waals surface area contributed by atoms with Crippen LogP contribution >= 0.6 is 0 Å². The molecule has 6 rings (SSSR count). The fourth-order valence-corrected chi connectivity index (χ4v) is 6.59. The number of piperazine rings is 1. The quantitative estimate of drug-likeness (QED) is 0.165. The zero-order chi connectivity index (χ0) is 34.9. The predicted octanol–water partition coefficient (Wildman–Crippen LogP) is 6.96. The fourth-order valence-electron chi connectivity index (χ4n) is 6.59. The lowest BCUT2D eigenvalue weighted by atomic mass is 9.94. The average Bonchev–Trinajstić information content (AvgIpc) is 3.10. The van der Waals surface area contributed by atoms with Crippen LogP contribution in [0.2, 0.25) is 0 Å². The molecule has 1 aliphatic heterocycles.